The second kappa shape index (κ2) is 10.7. The molecule has 0 saturated carbocycles. The van der Waals surface area contributed by atoms with E-state index < -0.39 is 18.5 Å². The topological polar surface area (TPSA) is 114 Å². The van der Waals surface area contributed by atoms with Crippen molar-refractivity contribution in [1.82, 2.24) is 0 Å². The van der Waals surface area contributed by atoms with Gasteiger partial charge in [-0.3, -0.25) is 14.7 Å². The van der Waals surface area contributed by atoms with Gasteiger partial charge in [0.25, 0.3) is 5.69 Å². The first-order valence-corrected chi connectivity index (χ1v) is 9.65. The first-order valence-electron chi connectivity index (χ1n) is 7.92. The molecule has 144 valence electrons. The number of nitro benzene ring substituents is 1. The standard InChI is InChI=1S/C16H22NO8P/c1-4-24-26(21,25-5-2)9-7-6-8-23-15-11-13(16(18)22-3)10-14(12-15)17(19)20/h6,8,10-12H,4-5,7,9H2,1-3H3/b8-6+. The number of hydrogen-bond donors (Lipinski definition) is 0. The van der Waals surface area contributed by atoms with E-state index in [1.807, 2.05) is 0 Å². The Morgan fingerprint density at radius 2 is 1.88 bits per heavy atom. The summed E-state index contributed by atoms with van der Waals surface area (Å²) in [6.07, 6.45) is 3.41. The van der Waals surface area contributed by atoms with Gasteiger partial charge < -0.3 is 18.5 Å². The third kappa shape index (κ3) is 6.95. The normalized spacial score (nSPS) is 11.5. The Morgan fingerprint density at radius 1 is 1.23 bits per heavy atom. The number of esters is 1. The van der Waals surface area contributed by atoms with Crippen molar-refractivity contribution in [1.29, 1.82) is 0 Å². The highest BCUT2D eigenvalue weighted by atomic mass is 31.2. The number of nitro groups is 1. The van der Waals surface area contributed by atoms with Crippen LogP contribution in [0.1, 0.15) is 30.6 Å². The number of allylic oxidation sites excluding steroid dienone is 1. The fraction of sp³-hybridized carbons (Fsp3) is 0.438. The highest BCUT2D eigenvalue weighted by Gasteiger charge is 2.22. The lowest BCUT2D eigenvalue weighted by molar-refractivity contribution is -0.384. The monoisotopic (exact) mass is 387 g/mol. The molecule has 0 unspecified atom stereocenters. The minimum atomic E-state index is -3.13. The summed E-state index contributed by atoms with van der Waals surface area (Å²) < 4.78 is 32.5. The lowest BCUT2D eigenvalue weighted by Gasteiger charge is -2.15. The predicted molar refractivity (Wildman–Crippen MR) is 94.5 cm³/mol. The molecule has 1 aromatic carbocycles. The molecule has 1 rings (SSSR count). The molecule has 0 aliphatic rings. The van der Waals surface area contributed by atoms with Crippen molar-refractivity contribution in [2.45, 2.75) is 20.3 Å². The van der Waals surface area contributed by atoms with E-state index in [0.717, 1.165) is 6.07 Å². The van der Waals surface area contributed by atoms with Gasteiger partial charge in [0.05, 0.1) is 49.3 Å². The van der Waals surface area contributed by atoms with Crippen LogP contribution >= 0.6 is 7.60 Å². The van der Waals surface area contributed by atoms with Gasteiger partial charge in [-0.2, -0.15) is 0 Å². The van der Waals surface area contributed by atoms with E-state index in [9.17, 15) is 19.5 Å². The van der Waals surface area contributed by atoms with Gasteiger partial charge in [0.15, 0.2) is 0 Å². The molecule has 0 heterocycles. The number of hydrogen-bond acceptors (Lipinski definition) is 8. The van der Waals surface area contributed by atoms with Crippen molar-refractivity contribution in [2.24, 2.45) is 0 Å². The third-order valence-electron chi connectivity index (χ3n) is 3.04. The molecule has 0 amide bonds. The zero-order valence-electron chi connectivity index (χ0n) is 14.9. The Kier molecular flexibility index (Phi) is 8.98. The minimum Gasteiger partial charge on any atom is -0.465 e. The van der Waals surface area contributed by atoms with Gasteiger partial charge in [0, 0.05) is 6.07 Å². The average molecular weight is 387 g/mol. The highest BCUT2D eigenvalue weighted by Crippen LogP contribution is 2.48. The van der Waals surface area contributed by atoms with E-state index in [-0.39, 0.29) is 36.4 Å². The summed E-state index contributed by atoms with van der Waals surface area (Å²) in [7, 11) is -1.96. The molecule has 0 saturated heterocycles. The third-order valence-corrected chi connectivity index (χ3v) is 5.15. The van der Waals surface area contributed by atoms with Crippen LogP contribution in [0.15, 0.2) is 30.5 Å². The van der Waals surface area contributed by atoms with Gasteiger partial charge in [0.2, 0.25) is 0 Å². The highest BCUT2D eigenvalue weighted by molar-refractivity contribution is 7.53. The molecule has 0 N–H and O–H groups in total. The van der Waals surface area contributed by atoms with Crippen LogP contribution in [0.25, 0.3) is 0 Å². The molecule has 26 heavy (non-hydrogen) atoms. The molecular weight excluding hydrogens is 365 g/mol. The molecular formula is C16H22NO8P. The fourth-order valence-electron chi connectivity index (χ4n) is 1.98. The second-order valence-corrected chi connectivity index (χ2v) is 7.10. The van der Waals surface area contributed by atoms with E-state index in [0.29, 0.717) is 6.42 Å². The largest absolute Gasteiger partial charge is 0.465 e. The maximum Gasteiger partial charge on any atom is 0.338 e. The van der Waals surface area contributed by atoms with Crippen LogP contribution in [0.5, 0.6) is 5.75 Å². The van der Waals surface area contributed by atoms with Crippen LogP contribution in [-0.2, 0) is 18.3 Å². The smallest absolute Gasteiger partial charge is 0.338 e. The summed E-state index contributed by atoms with van der Waals surface area (Å²) in [5, 5.41) is 10.9. The van der Waals surface area contributed by atoms with E-state index in [1.54, 1.807) is 19.9 Å². The maximum atomic E-state index is 12.3. The average Bonchev–Trinajstić information content (AvgIpc) is 2.60. The van der Waals surface area contributed by atoms with Crippen LogP contribution < -0.4 is 4.74 Å². The zero-order chi connectivity index (χ0) is 19.6. The van der Waals surface area contributed by atoms with E-state index in [1.165, 1.54) is 25.5 Å². The van der Waals surface area contributed by atoms with Gasteiger partial charge in [0.1, 0.15) is 5.75 Å². The van der Waals surface area contributed by atoms with Crippen molar-refractivity contribution < 1.29 is 32.8 Å². The molecule has 0 atom stereocenters. The minimum absolute atomic E-state index is 0.00212. The number of methoxy groups -OCH3 is 1. The SMILES string of the molecule is CCOP(=O)(CC/C=C/Oc1cc(C(=O)OC)cc([N+](=O)[O-])c1)OCC. The van der Waals surface area contributed by atoms with Gasteiger partial charge >= 0.3 is 13.6 Å². The van der Waals surface area contributed by atoms with Gasteiger partial charge in [-0.1, -0.05) is 0 Å². The Morgan fingerprint density at radius 3 is 2.42 bits per heavy atom. The molecule has 9 nitrogen and oxygen atoms in total. The Bertz CT molecular complexity index is 693. The number of non-ortho nitro benzene ring substituents is 1. The van der Waals surface area contributed by atoms with Crippen molar-refractivity contribution in [3.63, 3.8) is 0 Å². The first-order chi connectivity index (χ1) is 12.3. The van der Waals surface area contributed by atoms with Crippen LogP contribution in [0.2, 0.25) is 0 Å². The molecule has 0 aromatic heterocycles. The summed E-state index contributed by atoms with van der Waals surface area (Å²) in [5.41, 5.74) is -0.296. The van der Waals surface area contributed by atoms with Gasteiger partial charge in [-0.05, 0) is 32.4 Å². The Labute approximate surface area is 151 Å². The molecule has 10 heteroatoms. The summed E-state index contributed by atoms with van der Waals surface area (Å²) in [6, 6.07) is 3.61. The number of rotatable bonds is 11. The zero-order valence-corrected chi connectivity index (χ0v) is 15.8. The van der Waals surface area contributed by atoms with E-state index >= 15 is 0 Å². The number of ether oxygens (including phenoxy) is 2. The van der Waals surface area contributed by atoms with Crippen LogP contribution in [-0.4, -0.2) is 37.4 Å². The molecule has 0 spiro atoms. The Hall–Kier alpha value is -2.22. The lowest BCUT2D eigenvalue weighted by atomic mass is 10.2. The molecule has 1 aromatic rings. The molecule has 0 fully saturated rings. The van der Waals surface area contributed by atoms with Crippen molar-refractivity contribution in [2.75, 3.05) is 26.5 Å². The molecule has 0 aliphatic heterocycles. The van der Waals surface area contributed by atoms with Crippen molar-refractivity contribution in [3.8, 4) is 5.75 Å². The summed E-state index contributed by atoms with van der Waals surface area (Å²) >= 11 is 0. The van der Waals surface area contributed by atoms with Crippen LogP contribution in [0.3, 0.4) is 0 Å². The quantitative estimate of drug-likeness (QED) is 0.184. The van der Waals surface area contributed by atoms with Crippen molar-refractivity contribution in [3.05, 3.63) is 46.2 Å². The fourth-order valence-corrected chi connectivity index (χ4v) is 3.56. The second-order valence-electron chi connectivity index (χ2n) is 4.91. The number of benzene rings is 1. The van der Waals surface area contributed by atoms with E-state index in [2.05, 4.69) is 4.74 Å². The molecule has 0 bridgehead atoms. The van der Waals surface area contributed by atoms with Crippen LogP contribution in [0.4, 0.5) is 5.69 Å². The lowest BCUT2D eigenvalue weighted by Crippen LogP contribution is -2.03. The summed E-state index contributed by atoms with van der Waals surface area (Å²) in [6.45, 7) is 4.01. The van der Waals surface area contributed by atoms with Crippen molar-refractivity contribution >= 4 is 19.3 Å². The van der Waals surface area contributed by atoms with Gasteiger partial charge in [-0.25, -0.2) is 4.79 Å². The first kappa shape index (κ1) is 21.8. The molecule has 0 radical (unpaired) electrons. The van der Waals surface area contributed by atoms with E-state index in [4.69, 9.17) is 13.8 Å². The van der Waals surface area contributed by atoms with Gasteiger partial charge in [-0.15, -0.1) is 0 Å². The van der Waals surface area contributed by atoms with Crippen LogP contribution in [0, 0.1) is 10.1 Å². The maximum absolute atomic E-state index is 12.3. The summed E-state index contributed by atoms with van der Waals surface area (Å²) in [5.74, 6) is -0.606. The summed E-state index contributed by atoms with van der Waals surface area (Å²) in [4.78, 5) is 21.9. The Balaban J connectivity index is 2.75. The number of carbonyl (C=O) groups excluding carboxylic acids is 1. The molecule has 0 aliphatic carbocycles. The number of carbonyl (C=O) groups is 1. The predicted octanol–water partition coefficient (Wildman–Crippen LogP) is 3.93. The number of nitrogens with zero attached hydrogens (tertiary/aromatic N) is 1.